The Labute approximate surface area is 156 Å². The molecule has 0 unspecified atom stereocenters. The van der Waals surface area contributed by atoms with Crippen LogP contribution in [0.4, 0.5) is 5.13 Å². The lowest BCUT2D eigenvalue weighted by Gasteiger charge is -2.29. The first-order valence-corrected chi connectivity index (χ1v) is 11.5. The van der Waals surface area contributed by atoms with E-state index in [4.69, 9.17) is 9.51 Å². The van der Waals surface area contributed by atoms with Gasteiger partial charge in [0.05, 0.1) is 16.0 Å². The van der Waals surface area contributed by atoms with Gasteiger partial charge in [0.2, 0.25) is 5.89 Å². The normalized spacial score (nSPS) is 16.4. The summed E-state index contributed by atoms with van der Waals surface area (Å²) in [7, 11) is -3.02. The van der Waals surface area contributed by atoms with E-state index in [-0.39, 0.29) is 11.7 Å². The molecule has 0 amide bonds. The molecule has 7 nitrogen and oxygen atoms in total. The number of para-hydroxylation sites is 1. The van der Waals surface area contributed by atoms with Crippen molar-refractivity contribution < 1.29 is 12.9 Å². The van der Waals surface area contributed by atoms with E-state index in [0.29, 0.717) is 18.1 Å². The van der Waals surface area contributed by atoms with E-state index in [2.05, 4.69) is 21.1 Å². The summed E-state index contributed by atoms with van der Waals surface area (Å²) in [6.07, 6.45) is 3.35. The molecule has 1 aliphatic heterocycles. The summed E-state index contributed by atoms with van der Waals surface area (Å²) in [5.74, 6) is 1.36. The lowest BCUT2D eigenvalue weighted by molar-refractivity contribution is 0.327. The third-order valence-corrected chi connectivity index (χ3v) is 6.62. The quantitative estimate of drug-likeness (QED) is 0.659. The highest BCUT2D eigenvalue weighted by Crippen LogP contribution is 2.33. The number of thiazole rings is 1. The maximum Gasteiger partial charge on any atom is 0.229 e. The van der Waals surface area contributed by atoms with Crippen LogP contribution in [0, 0.1) is 0 Å². The van der Waals surface area contributed by atoms with E-state index >= 15 is 0 Å². The minimum Gasteiger partial charge on any atom is -0.348 e. The Balaban J connectivity index is 1.38. The molecule has 2 aromatic heterocycles. The zero-order valence-corrected chi connectivity index (χ0v) is 16.1. The van der Waals surface area contributed by atoms with E-state index in [1.165, 1.54) is 11.0 Å². The summed E-state index contributed by atoms with van der Waals surface area (Å²) in [6, 6.07) is 8.18. The van der Waals surface area contributed by atoms with Gasteiger partial charge >= 0.3 is 0 Å². The molecular formula is C17H20N4O3S2. The third kappa shape index (κ3) is 3.88. The van der Waals surface area contributed by atoms with Gasteiger partial charge in [-0.1, -0.05) is 28.6 Å². The molecule has 0 atom stereocenters. The molecule has 1 aromatic carbocycles. The first kappa shape index (κ1) is 17.4. The van der Waals surface area contributed by atoms with Gasteiger partial charge in [-0.05, 0) is 25.0 Å². The van der Waals surface area contributed by atoms with Gasteiger partial charge in [-0.2, -0.15) is 4.98 Å². The van der Waals surface area contributed by atoms with Gasteiger partial charge in [0.15, 0.2) is 11.0 Å². The first-order chi connectivity index (χ1) is 12.5. The SMILES string of the molecule is CS(=O)(=O)CCc1noc(C2CCN(c3nc4ccccc4s3)CC2)n1. The Morgan fingerprint density at radius 2 is 2.00 bits per heavy atom. The molecule has 0 saturated carbocycles. The van der Waals surface area contributed by atoms with E-state index in [1.807, 2.05) is 18.2 Å². The minimum absolute atomic E-state index is 0.0437. The highest BCUT2D eigenvalue weighted by atomic mass is 32.2. The second-order valence-corrected chi connectivity index (χ2v) is 9.92. The van der Waals surface area contributed by atoms with Crippen molar-refractivity contribution in [3.8, 4) is 0 Å². The highest BCUT2D eigenvalue weighted by Gasteiger charge is 2.26. The van der Waals surface area contributed by atoms with Gasteiger partial charge in [-0.25, -0.2) is 13.4 Å². The van der Waals surface area contributed by atoms with Crippen LogP contribution >= 0.6 is 11.3 Å². The molecule has 3 heterocycles. The zero-order valence-electron chi connectivity index (χ0n) is 14.5. The molecule has 1 aliphatic rings. The smallest absolute Gasteiger partial charge is 0.229 e. The van der Waals surface area contributed by atoms with Gasteiger partial charge in [-0.3, -0.25) is 0 Å². The Hall–Kier alpha value is -2.00. The van der Waals surface area contributed by atoms with Crippen molar-refractivity contribution in [2.75, 3.05) is 30.0 Å². The number of nitrogens with zero attached hydrogens (tertiary/aromatic N) is 4. The molecule has 0 bridgehead atoms. The van der Waals surface area contributed by atoms with E-state index in [0.717, 1.165) is 36.6 Å². The molecule has 4 rings (SSSR count). The third-order valence-electron chi connectivity index (χ3n) is 4.58. The van der Waals surface area contributed by atoms with Gasteiger partial charge in [0.25, 0.3) is 0 Å². The van der Waals surface area contributed by atoms with Crippen molar-refractivity contribution in [2.24, 2.45) is 0 Å². The number of hydrogen-bond acceptors (Lipinski definition) is 8. The zero-order chi connectivity index (χ0) is 18.1. The second-order valence-electron chi connectivity index (χ2n) is 6.65. The van der Waals surface area contributed by atoms with Gasteiger partial charge < -0.3 is 9.42 Å². The number of rotatable bonds is 5. The van der Waals surface area contributed by atoms with Crippen molar-refractivity contribution in [3.05, 3.63) is 36.0 Å². The van der Waals surface area contributed by atoms with Crippen LogP contribution < -0.4 is 4.90 Å². The molecule has 0 aliphatic carbocycles. The maximum atomic E-state index is 11.3. The topological polar surface area (TPSA) is 89.2 Å². The number of benzene rings is 1. The van der Waals surface area contributed by atoms with Crippen LogP contribution in [0.1, 0.15) is 30.5 Å². The summed E-state index contributed by atoms with van der Waals surface area (Å²) in [5, 5.41) is 4.99. The summed E-state index contributed by atoms with van der Waals surface area (Å²) in [5.41, 5.74) is 1.04. The standard InChI is InChI=1S/C17H20N4O3S2/c1-26(22,23)11-8-15-19-16(24-20-15)12-6-9-21(10-7-12)17-18-13-4-2-3-5-14(13)25-17/h2-5,12H,6-11H2,1H3. The summed E-state index contributed by atoms with van der Waals surface area (Å²) >= 11 is 1.72. The number of fused-ring (bicyclic) bond motifs is 1. The number of aromatic nitrogens is 3. The molecule has 9 heteroatoms. The number of sulfone groups is 1. The molecule has 0 spiro atoms. The highest BCUT2D eigenvalue weighted by molar-refractivity contribution is 7.90. The van der Waals surface area contributed by atoms with Gasteiger partial charge in [0.1, 0.15) is 9.84 Å². The fraction of sp³-hybridized carbons (Fsp3) is 0.471. The van der Waals surface area contributed by atoms with Gasteiger partial charge in [0, 0.05) is 31.7 Å². The second kappa shape index (κ2) is 6.96. The van der Waals surface area contributed by atoms with E-state index in [9.17, 15) is 8.42 Å². The van der Waals surface area contributed by atoms with Crippen LogP contribution in [0.15, 0.2) is 28.8 Å². The van der Waals surface area contributed by atoms with Crippen molar-refractivity contribution >= 4 is 36.5 Å². The fourth-order valence-electron chi connectivity index (χ4n) is 3.12. The average Bonchev–Trinajstić information content (AvgIpc) is 3.26. The first-order valence-electron chi connectivity index (χ1n) is 8.59. The Bertz CT molecular complexity index is 971. The lowest BCUT2D eigenvalue weighted by atomic mass is 9.97. The predicted molar refractivity (Wildman–Crippen MR) is 102 cm³/mol. The molecule has 138 valence electrons. The molecular weight excluding hydrogens is 372 g/mol. The van der Waals surface area contributed by atoms with Crippen molar-refractivity contribution in [2.45, 2.75) is 25.2 Å². The number of piperidine rings is 1. The lowest BCUT2D eigenvalue weighted by Crippen LogP contribution is -2.32. The molecule has 26 heavy (non-hydrogen) atoms. The van der Waals surface area contributed by atoms with Crippen molar-refractivity contribution in [1.82, 2.24) is 15.1 Å². The minimum atomic E-state index is -3.02. The molecule has 0 radical (unpaired) electrons. The Kier molecular flexibility index (Phi) is 4.66. The largest absolute Gasteiger partial charge is 0.348 e. The summed E-state index contributed by atoms with van der Waals surface area (Å²) in [4.78, 5) is 11.4. The summed E-state index contributed by atoms with van der Waals surface area (Å²) in [6.45, 7) is 1.79. The maximum absolute atomic E-state index is 11.3. The van der Waals surface area contributed by atoms with Crippen molar-refractivity contribution in [1.29, 1.82) is 0 Å². The van der Waals surface area contributed by atoms with E-state index < -0.39 is 9.84 Å². The van der Waals surface area contributed by atoms with Crippen LogP contribution in [0.3, 0.4) is 0 Å². The van der Waals surface area contributed by atoms with Crippen LogP contribution in [0.2, 0.25) is 0 Å². The summed E-state index contributed by atoms with van der Waals surface area (Å²) < 4.78 is 29.1. The Morgan fingerprint density at radius 3 is 2.73 bits per heavy atom. The predicted octanol–water partition coefficient (Wildman–Crippen LogP) is 2.65. The van der Waals surface area contributed by atoms with Crippen LogP contribution in [0.25, 0.3) is 10.2 Å². The fourth-order valence-corrected chi connectivity index (χ4v) is 4.70. The Morgan fingerprint density at radius 1 is 1.23 bits per heavy atom. The molecule has 0 N–H and O–H groups in total. The van der Waals surface area contributed by atoms with Crippen LogP contribution in [0.5, 0.6) is 0 Å². The van der Waals surface area contributed by atoms with Crippen molar-refractivity contribution in [3.63, 3.8) is 0 Å². The monoisotopic (exact) mass is 392 g/mol. The average molecular weight is 393 g/mol. The molecule has 3 aromatic rings. The molecule has 1 fully saturated rings. The van der Waals surface area contributed by atoms with Gasteiger partial charge in [-0.15, -0.1) is 0 Å². The number of aryl methyl sites for hydroxylation is 1. The number of hydrogen-bond donors (Lipinski definition) is 0. The number of anilines is 1. The van der Waals surface area contributed by atoms with Crippen LogP contribution in [-0.4, -0.2) is 48.6 Å². The molecule has 1 saturated heterocycles. The van der Waals surface area contributed by atoms with E-state index in [1.54, 1.807) is 11.3 Å². The van der Waals surface area contributed by atoms with Crippen LogP contribution in [-0.2, 0) is 16.3 Å².